The first-order valence-electron chi connectivity index (χ1n) is 6.44. The molecule has 0 amide bonds. The van der Waals surface area contributed by atoms with E-state index in [0.717, 1.165) is 12.1 Å². The quantitative estimate of drug-likeness (QED) is 0.669. The van der Waals surface area contributed by atoms with E-state index >= 15 is 0 Å². The first kappa shape index (κ1) is 16.8. The number of hydrogen-bond donors (Lipinski definition) is 1. The molecular formula is C16H12ClFO5. The summed E-state index contributed by atoms with van der Waals surface area (Å²) in [6.07, 6.45) is 0. The second kappa shape index (κ2) is 7.11. The van der Waals surface area contributed by atoms with Crippen molar-refractivity contribution in [1.82, 2.24) is 0 Å². The summed E-state index contributed by atoms with van der Waals surface area (Å²) in [5, 5.41) is 9.82. The van der Waals surface area contributed by atoms with Gasteiger partial charge in [0, 0.05) is 5.02 Å². The number of phenolic OH excluding ortho intramolecular Hbond substituents is 1. The van der Waals surface area contributed by atoms with Crippen molar-refractivity contribution in [2.75, 3.05) is 13.7 Å². The van der Waals surface area contributed by atoms with E-state index in [4.69, 9.17) is 21.1 Å². The number of ketones is 1. The Kier molecular flexibility index (Phi) is 5.18. The Bertz CT molecular complexity index is 760. The number of esters is 1. The SMILES string of the molecule is COc1ccc(F)cc1C(=O)COC(=O)c1cc(Cl)ccc1O. The van der Waals surface area contributed by atoms with Crippen LogP contribution < -0.4 is 4.74 Å². The normalized spacial score (nSPS) is 10.2. The van der Waals surface area contributed by atoms with E-state index < -0.39 is 24.2 Å². The number of rotatable bonds is 5. The lowest BCUT2D eigenvalue weighted by Gasteiger charge is -2.09. The van der Waals surface area contributed by atoms with Crippen LogP contribution in [0.2, 0.25) is 5.02 Å². The summed E-state index contributed by atoms with van der Waals surface area (Å²) in [5.74, 6) is -2.34. The average molecular weight is 339 g/mol. The molecule has 0 aliphatic carbocycles. The number of Topliss-reactive ketones (excluding diaryl/α,β-unsaturated/α-hetero) is 1. The van der Waals surface area contributed by atoms with Crippen LogP contribution in [0.25, 0.3) is 0 Å². The van der Waals surface area contributed by atoms with E-state index in [0.29, 0.717) is 0 Å². The fourth-order valence-corrected chi connectivity index (χ4v) is 2.03. The van der Waals surface area contributed by atoms with E-state index in [1.807, 2.05) is 0 Å². The number of carbonyl (C=O) groups excluding carboxylic acids is 2. The topological polar surface area (TPSA) is 72.8 Å². The van der Waals surface area contributed by atoms with Gasteiger partial charge in [0.15, 0.2) is 6.61 Å². The van der Waals surface area contributed by atoms with E-state index in [-0.39, 0.29) is 27.6 Å². The highest BCUT2D eigenvalue weighted by atomic mass is 35.5. The lowest BCUT2D eigenvalue weighted by molar-refractivity contribution is 0.0471. The molecule has 1 N–H and O–H groups in total. The van der Waals surface area contributed by atoms with Gasteiger partial charge in [0.05, 0.1) is 12.7 Å². The minimum atomic E-state index is -0.922. The summed E-state index contributed by atoms with van der Waals surface area (Å²) in [4.78, 5) is 23.9. The maximum absolute atomic E-state index is 13.2. The molecule has 5 nitrogen and oxygen atoms in total. The molecule has 2 rings (SSSR count). The molecule has 0 aromatic heterocycles. The lowest BCUT2D eigenvalue weighted by atomic mass is 10.1. The first-order chi connectivity index (χ1) is 10.9. The number of ether oxygens (including phenoxy) is 2. The summed E-state index contributed by atoms with van der Waals surface area (Å²) in [6.45, 7) is -0.634. The van der Waals surface area contributed by atoms with Gasteiger partial charge in [-0.05, 0) is 36.4 Å². The molecule has 0 spiro atoms. The Morgan fingerprint density at radius 2 is 1.91 bits per heavy atom. The van der Waals surface area contributed by atoms with Crippen molar-refractivity contribution in [3.63, 3.8) is 0 Å². The van der Waals surface area contributed by atoms with E-state index in [9.17, 15) is 19.1 Å². The van der Waals surface area contributed by atoms with Gasteiger partial charge in [-0.25, -0.2) is 9.18 Å². The number of hydrogen-bond acceptors (Lipinski definition) is 5. The number of methoxy groups -OCH3 is 1. The monoisotopic (exact) mass is 338 g/mol. The molecule has 120 valence electrons. The Hall–Kier alpha value is -2.60. The standard InChI is InChI=1S/C16H12ClFO5/c1-22-15-5-3-10(18)7-11(15)14(20)8-23-16(21)12-6-9(17)2-4-13(12)19/h2-7,19H,8H2,1H3. The van der Waals surface area contributed by atoms with Gasteiger partial charge in [0.2, 0.25) is 5.78 Å². The second-order valence-corrected chi connectivity index (χ2v) is 4.94. The highest BCUT2D eigenvalue weighted by Crippen LogP contribution is 2.23. The van der Waals surface area contributed by atoms with Crippen LogP contribution in [-0.4, -0.2) is 30.6 Å². The molecule has 2 aromatic rings. The van der Waals surface area contributed by atoms with Gasteiger partial charge in [-0.3, -0.25) is 4.79 Å². The smallest absolute Gasteiger partial charge is 0.342 e. The number of phenols is 1. The second-order valence-electron chi connectivity index (χ2n) is 4.51. The minimum Gasteiger partial charge on any atom is -0.507 e. The third-order valence-electron chi connectivity index (χ3n) is 2.97. The highest BCUT2D eigenvalue weighted by molar-refractivity contribution is 6.31. The van der Waals surface area contributed by atoms with Crippen LogP contribution >= 0.6 is 11.6 Å². The molecule has 0 saturated carbocycles. The van der Waals surface area contributed by atoms with Gasteiger partial charge in [-0.1, -0.05) is 11.6 Å². The molecule has 0 saturated heterocycles. The third kappa shape index (κ3) is 3.98. The predicted octanol–water partition coefficient (Wildman–Crippen LogP) is 3.23. The van der Waals surface area contributed by atoms with E-state index in [2.05, 4.69) is 0 Å². The molecule has 2 aromatic carbocycles. The van der Waals surface area contributed by atoms with Crippen molar-refractivity contribution in [1.29, 1.82) is 0 Å². The molecule has 0 aliphatic rings. The predicted molar refractivity (Wildman–Crippen MR) is 80.7 cm³/mol. The van der Waals surface area contributed by atoms with Crippen LogP contribution in [0.3, 0.4) is 0 Å². The summed E-state index contributed by atoms with van der Waals surface area (Å²) in [7, 11) is 1.33. The largest absolute Gasteiger partial charge is 0.507 e. The first-order valence-corrected chi connectivity index (χ1v) is 6.82. The molecule has 0 unspecified atom stereocenters. The van der Waals surface area contributed by atoms with Gasteiger partial charge >= 0.3 is 5.97 Å². The van der Waals surface area contributed by atoms with Crippen molar-refractivity contribution >= 4 is 23.4 Å². The number of aromatic hydroxyl groups is 1. The van der Waals surface area contributed by atoms with E-state index in [1.54, 1.807) is 0 Å². The lowest BCUT2D eigenvalue weighted by Crippen LogP contribution is -2.15. The Labute approximate surface area is 136 Å². The van der Waals surface area contributed by atoms with Crippen molar-refractivity contribution < 1.29 is 28.6 Å². The van der Waals surface area contributed by atoms with Crippen LogP contribution in [0.5, 0.6) is 11.5 Å². The average Bonchev–Trinajstić information content (AvgIpc) is 2.54. The van der Waals surface area contributed by atoms with Crippen LogP contribution in [0, 0.1) is 5.82 Å². The molecule has 0 bridgehead atoms. The Morgan fingerprint density at radius 1 is 1.17 bits per heavy atom. The van der Waals surface area contributed by atoms with Gasteiger partial charge in [0.1, 0.15) is 22.9 Å². The zero-order valence-corrected chi connectivity index (χ0v) is 12.8. The number of benzene rings is 2. The number of halogens is 2. The van der Waals surface area contributed by atoms with Gasteiger partial charge in [-0.15, -0.1) is 0 Å². The molecule has 23 heavy (non-hydrogen) atoms. The Balaban J connectivity index is 2.11. The van der Waals surface area contributed by atoms with Crippen LogP contribution in [0.4, 0.5) is 4.39 Å². The fraction of sp³-hybridized carbons (Fsp3) is 0.125. The molecule has 0 aliphatic heterocycles. The van der Waals surface area contributed by atoms with Gasteiger partial charge in [0.25, 0.3) is 0 Å². The maximum atomic E-state index is 13.2. The molecule has 0 atom stereocenters. The highest BCUT2D eigenvalue weighted by Gasteiger charge is 2.18. The number of carbonyl (C=O) groups is 2. The summed E-state index contributed by atoms with van der Waals surface area (Å²) in [6, 6.07) is 7.28. The van der Waals surface area contributed by atoms with E-state index in [1.165, 1.54) is 31.4 Å². The van der Waals surface area contributed by atoms with Crippen molar-refractivity contribution in [3.05, 3.63) is 58.4 Å². The van der Waals surface area contributed by atoms with Gasteiger partial charge in [-0.2, -0.15) is 0 Å². The zero-order chi connectivity index (χ0) is 17.0. The summed E-state index contributed by atoms with van der Waals surface area (Å²) < 4.78 is 23.0. The fourth-order valence-electron chi connectivity index (χ4n) is 1.86. The summed E-state index contributed by atoms with van der Waals surface area (Å²) >= 11 is 5.73. The molecule has 0 radical (unpaired) electrons. The maximum Gasteiger partial charge on any atom is 0.342 e. The van der Waals surface area contributed by atoms with Crippen LogP contribution in [-0.2, 0) is 4.74 Å². The summed E-state index contributed by atoms with van der Waals surface area (Å²) in [5.41, 5.74) is -0.216. The minimum absolute atomic E-state index is 0.0457. The molecule has 0 fully saturated rings. The van der Waals surface area contributed by atoms with Crippen molar-refractivity contribution in [3.8, 4) is 11.5 Å². The molecule has 7 heteroatoms. The van der Waals surface area contributed by atoms with Crippen molar-refractivity contribution in [2.45, 2.75) is 0 Å². The van der Waals surface area contributed by atoms with Gasteiger partial charge < -0.3 is 14.6 Å². The van der Waals surface area contributed by atoms with Crippen LogP contribution in [0.15, 0.2) is 36.4 Å². The molecule has 0 heterocycles. The third-order valence-corrected chi connectivity index (χ3v) is 3.21. The van der Waals surface area contributed by atoms with Crippen LogP contribution in [0.1, 0.15) is 20.7 Å². The molecular weight excluding hydrogens is 327 g/mol. The zero-order valence-electron chi connectivity index (χ0n) is 12.0. The Morgan fingerprint density at radius 3 is 2.61 bits per heavy atom. The van der Waals surface area contributed by atoms with Crippen molar-refractivity contribution in [2.24, 2.45) is 0 Å².